The summed E-state index contributed by atoms with van der Waals surface area (Å²) in [7, 11) is 0. The molecule has 4 aromatic rings. The van der Waals surface area contributed by atoms with Crippen LogP contribution in [0.5, 0.6) is 0 Å². The molecule has 218 valence electrons. The Balaban J connectivity index is 1.21. The van der Waals surface area contributed by atoms with Gasteiger partial charge < -0.3 is 18.9 Å². The first-order chi connectivity index (χ1) is 20.8. The van der Waals surface area contributed by atoms with Crippen molar-refractivity contribution < 1.29 is 38.1 Å². The van der Waals surface area contributed by atoms with E-state index in [9.17, 15) is 19.2 Å². The molecular formula is C35H30O8. The third-order valence-corrected chi connectivity index (χ3v) is 6.21. The topological polar surface area (TPSA) is 105 Å². The maximum absolute atomic E-state index is 12.9. The highest BCUT2D eigenvalue weighted by atomic mass is 16.7. The van der Waals surface area contributed by atoms with Crippen LogP contribution in [0.4, 0.5) is 0 Å². The van der Waals surface area contributed by atoms with Crippen molar-refractivity contribution in [3.05, 3.63) is 155 Å². The van der Waals surface area contributed by atoms with Gasteiger partial charge in [-0.25, -0.2) is 9.59 Å². The van der Waals surface area contributed by atoms with Crippen molar-refractivity contribution in [2.45, 2.75) is 13.0 Å². The summed E-state index contributed by atoms with van der Waals surface area (Å²) in [5, 5.41) is 0. The molecule has 0 N–H and O–H groups in total. The van der Waals surface area contributed by atoms with E-state index in [0.717, 1.165) is 0 Å². The Labute approximate surface area is 249 Å². The summed E-state index contributed by atoms with van der Waals surface area (Å²) in [6.45, 7) is 5.41. The molecule has 0 aromatic heterocycles. The highest BCUT2D eigenvalue weighted by Gasteiger charge is 2.21. The number of hydrogen-bond donors (Lipinski definition) is 0. The predicted molar refractivity (Wildman–Crippen MR) is 159 cm³/mol. The molecule has 0 saturated heterocycles. The van der Waals surface area contributed by atoms with Crippen molar-refractivity contribution >= 4 is 23.5 Å². The molecule has 8 nitrogen and oxygen atoms in total. The fourth-order valence-electron chi connectivity index (χ4n) is 4.17. The summed E-state index contributed by atoms with van der Waals surface area (Å²) in [5.74, 6) is -2.26. The molecule has 0 bridgehead atoms. The molecule has 0 aliphatic heterocycles. The Hall–Kier alpha value is -5.34. The third kappa shape index (κ3) is 8.34. The Morgan fingerprint density at radius 3 is 1.56 bits per heavy atom. The van der Waals surface area contributed by atoms with Crippen molar-refractivity contribution in [1.82, 2.24) is 0 Å². The van der Waals surface area contributed by atoms with Gasteiger partial charge in [-0.1, -0.05) is 97.1 Å². The highest BCUT2D eigenvalue weighted by Crippen LogP contribution is 2.18. The standard InChI is InChI=1S/C35H30O8/c1-24(42-25(2)43-35(39)31-20-12-10-18-29(31)33(37)27-15-7-4-8-16-27)23-40-21-22-41-34(38)30-19-11-9-17-28(30)32(36)26-13-5-3-6-14-26/h3-20,24H,2,21-23H2,1H3. The molecule has 0 heterocycles. The molecule has 0 aliphatic rings. The fourth-order valence-corrected chi connectivity index (χ4v) is 4.17. The summed E-state index contributed by atoms with van der Waals surface area (Å²) in [6, 6.07) is 30.1. The van der Waals surface area contributed by atoms with E-state index in [4.69, 9.17) is 18.9 Å². The van der Waals surface area contributed by atoms with Crippen molar-refractivity contribution in [3.63, 3.8) is 0 Å². The largest absolute Gasteiger partial charge is 0.460 e. The van der Waals surface area contributed by atoms with Crippen LogP contribution in [-0.2, 0) is 18.9 Å². The molecule has 0 fully saturated rings. The summed E-state index contributed by atoms with van der Waals surface area (Å²) in [4.78, 5) is 51.3. The molecule has 43 heavy (non-hydrogen) atoms. The maximum Gasteiger partial charge on any atom is 0.346 e. The quantitative estimate of drug-likeness (QED) is 0.0770. The molecule has 1 atom stereocenters. The van der Waals surface area contributed by atoms with Gasteiger partial charge >= 0.3 is 11.9 Å². The molecule has 0 amide bonds. The number of carbonyl (C=O) groups excluding carboxylic acids is 4. The fraction of sp³-hybridized carbons (Fsp3) is 0.143. The van der Waals surface area contributed by atoms with E-state index in [0.29, 0.717) is 11.1 Å². The zero-order chi connectivity index (χ0) is 30.6. The number of rotatable bonds is 14. The summed E-state index contributed by atoms with van der Waals surface area (Å²) < 4.78 is 21.6. The van der Waals surface area contributed by atoms with Crippen molar-refractivity contribution in [1.29, 1.82) is 0 Å². The van der Waals surface area contributed by atoms with Crippen LogP contribution in [-0.4, -0.2) is 49.4 Å². The lowest BCUT2D eigenvalue weighted by molar-refractivity contribution is -0.0330. The first-order valence-electron chi connectivity index (χ1n) is 13.5. The van der Waals surface area contributed by atoms with Gasteiger partial charge in [-0.05, 0) is 25.6 Å². The third-order valence-electron chi connectivity index (χ3n) is 6.21. The average Bonchev–Trinajstić information content (AvgIpc) is 3.04. The second kappa shape index (κ2) is 15.0. The Morgan fingerprint density at radius 1 is 0.605 bits per heavy atom. The van der Waals surface area contributed by atoms with Gasteiger partial charge in [-0.2, -0.15) is 0 Å². The first-order valence-corrected chi connectivity index (χ1v) is 13.5. The number of benzene rings is 4. The van der Waals surface area contributed by atoms with Crippen LogP contribution < -0.4 is 0 Å². The van der Waals surface area contributed by atoms with E-state index >= 15 is 0 Å². The molecular weight excluding hydrogens is 548 g/mol. The summed E-state index contributed by atoms with van der Waals surface area (Å²) in [6.07, 6.45) is -0.554. The second-order valence-corrected chi connectivity index (χ2v) is 9.38. The lowest BCUT2D eigenvalue weighted by atomic mass is 9.98. The number of hydrogen-bond acceptors (Lipinski definition) is 8. The van der Waals surface area contributed by atoms with Crippen LogP contribution in [0.3, 0.4) is 0 Å². The van der Waals surface area contributed by atoms with Crippen LogP contribution >= 0.6 is 0 Å². The SMILES string of the molecule is C=C(OC(=O)c1ccccc1C(=O)c1ccccc1)OC(C)COCCOC(=O)c1ccccc1C(=O)c1ccccc1. The number of ketones is 2. The first kappa shape index (κ1) is 30.6. The number of carbonyl (C=O) groups is 4. The molecule has 4 aromatic carbocycles. The molecule has 4 rings (SSSR count). The van der Waals surface area contributed by atoms with Gasteiger partial charge in [0.2, 0.25) is 0 Å². The van der Waals surface area contributed by atoms with E-state index in [1.807, 2.05) is 6.07 Å². The van der Waals surface area contributed by atoms with E-state index in [-0.39, 0.29) is 59.6 Å². The Bertz CT molecular complexity index is 1590. The Morgan fingerprint density at radius 2 is 1.05 bits per heavy atom. The van der Waals surface area contributed by atoms with E-state index in [2.05, 4.69) is 6.58 Å². The molecule has 8 heteroatoms. The minimum atomic E-state index is -0.782. The van der Waals surface area contributed by atoms with E-state index in [1.54, 1.807) is 97.9 Å². The number of ether oxygens (including phenoxy) is 4. The highest BCUT2D eigenvalue weighted by molar-refractivity contribution is 6.15. The van der Waals surface area contributed by atoms with Gasteiger partial charge in [-0.3, -0.25) is 9.59 Å². The van der Waals surface area contributed by atoms with Gasteiger partial charge in [0.15, 0.2) is 11.6 Å². The van der Waals surface area contributed by atoms with Crippen LogP contribution in [0.15, 0.2) is 122 Å². The van der Waals surface area contributed by atoms with E-state index in [1.165, 1.54) is 12.1 Å². The maximum atomic E-state index is 12.9. The van der Waals surface area contributed by atoms with Crippen LogP contribution in [0.25, 0.3) is 0 Å². The normalized spacial score (nSPS) is 11.2. The van der Waals surface area contributed by atoms with Crippen LogP contribution in [0.2, 0.25) is 0 Å². The van der Waals surface area contributed by atoms with Gasteiger partial charge in [-0.15, -0.1) is 0 Å². The zero-order valence-electron chi connectivity index (χ0n) is 23.6. The predicted octanol–water partition coefficient (Wildman–Crippen LogP) is 6.06. The van der Waals surface area contributed by atoms with Crippen LogP contribution in [0.1, 0.15) is 59.5 Å². The molecule has 0 aliphatic carbocycles. The second-order valence-electron chi connectivity index (χ2n) is 9.38. The molecule has 0 saturated carbocycles. The monoisotopic (exact) mass is 578 g/mol. The minimum Gasteiger partial charge on any atom is -0.460 e. The molecule has 0 spiro atoms. The van der Waals surface area contributed by atoms with Crippen LogP contribution in [0, 0.1) is 0 Å². The van der Waals surface area contributed by atoms with Gasteiger partial charge in [0.1, 0.15) is 12.7 Å². The smallest absolute Gasteiger partial charge is 0.346 e. The zero-order valence-corrected chi connectivity index (χ0v) is 23.6. The summed E-state index contributed by atoms with van der Waals surface area (Å²) in [5.41, 5.74) is 1.61. The lowest BCUT2D eigenvalue weighted by Gasteiger charge is -2.17. The number of esters is 2. The van der Waals surface area contributed by atoms with Gasteiger partial charge in [0.25, 0.3) is 5.95 Å². The average molecular weight is 579 g/mol. The van der Waals surface area contributed by atoms with Gasteiger partial charge in [0, 0.05) is 22.3 Å². The van der Waals surface area contributed by atoms with E-state index < -0.39 is 18.0 Å². The lowest BCUT2D eigenvalue weighted by Crippen LogP contribution is -2.21. The van der Waals surface area contributed by atoms with Crippen molar-refractivity contribution in [2.75, 3.05) is 19.8 Å². The van der Waals surface area contributed by atoms with Gasteiger partial charge in [0.05, 0.1) is 24.3 Å². The molecule has 1 unspecified atom stereocenters. The minimum absolute atomic E-state index is 0.0540. The Kier molecular flexibility index (Phi) is 10.7. The molecule has 0 radical (unpaired) electrons. The van der Waals surface area contributed by atoms with Crippen molar-refractivity contribution in [2.24, 2.45) is 0 Å². The van der Waals surface area contributed by atoms with Crippen molar-refractivity contribution in [3.8, 4) is 0 Å². The summed E-state index contributed by atoms with van der Waals surface area (Å²) >= 11 is 0.